The van der Waals surface area contributed by atoms with E-state index in [9.17, 15) is 9.18 Å². The van der Waals surface area contributed by atoms with Crippen molar-refractivity contribution in [1.29, 1.82) is 0 Å². The molecule has 1 aromatic rings. The summed E-state index contributed by atoms with van der Waals surface area (Å²) in [6.45, 7) is 1.15. The maximum Gasteiger partial charge on any atom is 0.407 e. The zero-order chi connectivity index (χ0) is 13.0. The van der Waals surface area contributed by atoms with Gasteiger partial charge in [-0.1, -0.05) is 23.8 Å². The number of piperidine rings is 1. The van der Waals surface area contributed by atoms with E-state index >= 15 is 0 Å². The third-order valence-electron chi connectivity index (χ3n) is 3.22. The van der Waals surface area contributed by atoms with Gasteiger partial charge in [0.05, 0.1) is 0 Å². The van der Waals surface area contributed by atoms with E-state index in [-0.39, 0.29) is 5.82 Å². The largest absolute Gasteiger partial charge is 0.465 e. The maximum absolute atomic E-state index is 12.7. The van der Waals surface area contributed by atoms with Gasteiger partial charge in [0.2, 0.25) is 0 Å². The first kappa shape index (κ1) is 12.6. The summed E-state index contributed by atoms with van der Waals surface area (Å²) in [4.78, 5) is 12.2. The molecule has 4 heteroatoms. The predicted molar refractivity (Wildman–Crippen MR) is 67.0 cm³/mol. The summed E-state index contributed by atoms with van der Waals surface area (Å²) in [5, 5.41) is 8.83. The van der Waals surface area contributed by atoms with Crippen LogP contribution in [0.2, 0.25) is 0 Å². The summed E-state index contributed by atoms with van der Waals surface area (Å²) >= 11 is 0. The Labute approximate surface area is 106 Å². The van der Waals surface area contributed by atoms with E-state index in [1.807, 2.05) is 0 Å². The van der Waals surface area contributed by atoms with Gasteiger partial charge in [0.1, 0.15) is 5.82 Å². The Morgan fingerprint density at radius 2 is 1.89 bits per heavy atom. The third-order valence-corrected chi connectivity index (χ3v) is 3.22. The second-order valence-electron chi connectivity index (χ2n) is 4.46. The van der Waals surface area contributed by atoms with Crippen LogP contribution in [0, 0.1) is 5.82 Å². The quantitative estimate of drug-likeness (QED) is 0.818. The number of rotatable bonds is 2. The van der Waals surface area contributed by atoms with Gasteiger partial charge in [-0.2, -0.15) is 0 Å². The number of hydrogen-bond acceptors (Lipinski definition) is 1. The summed E-state index contributed by atoms with van der Waals surface area (Å²) in [6, 6.07) is 6.47. The third kappa shape index (κ3) is 3.32. The molecule has 1 heterocycles. The molecule has 0 saturated carbocycles. The molecule has 1 N–H and O–H groups in total. The number of carboxylic acid groups (broad SMARTS) is 1. The van der Waals surface area contributed by atoms with Gasteiger partial charge in [-0.25, -0.2) is 9.18 Å². The van der Waals surface area contributed by atoms with Crippen LogP contribution >= 0.6 is 0 Å². The summed E-state index contributed by atoms with van der Waals surface area (Å²) in [7, 11) is 0. The standard InChI is InChI=1S/C14H16FNO2/c15-13-5-3-11(4-6-13)1-2-12-7-9-16(10-8-12)14(17)18/h2-6H,1,7-10H2,(H,17,18). The van der Waals surface area contributed by atoms with Gasteiger partial charge in [0, 0.05) is 13.1 Å². The molecule has 1 saturated heterocycles. The minimum atomic E-state index is -0.840. The highest BCUT2D eigenvalue weighted by Gasteiger charge is 2.17. The average molecular weight is 249 g/mol. The number of allylic oxidation sites excluding steroid dienone is 1. The van der Waals surface area contributed by atoms with Gasteiger partial charge >= 0.3 is 6.09 Å². The molecule has 96 valence electrons. The van der Waals surface area contributed by atoms with Crippen LogP contribution in [0.1, 0.15) is 18.4 Å². The van der Waals surface area contributed by atoms with Crippen molar-refractivity contribution in [2.24, 2.45) is 0 Å². The Kier molecular flexibility index (Phi) is 3.97. The highest BCUT2D eigenvalue weighted by Crippen LogP contribution is 2.17. The zero-order valence-electron chi connectivity index (χ0n) is 10.1. The van der Waals surface area contributed by atoms with Crippen molar-refractivity contribution in [3.05, 3.63) is 47.3 Å². The smallest absolute Gasteiger partial charge is 0.407 e. The second kappa shape index (κ2) is 5.67. The molecule has 3 nitrogen and oxygen atoms in total. The molecule has 1 aliphatic heterocycles. The van der Waals surface area contributed by atoms with Crippen molar-refractivity contribution in [2.45, 2.75) is 19.3 Å². The fourth-order valence-electron chi connectivity index (χ4n) is 2.07. The summed E-state index contributed by atoms with van der Waals surface area (Å²) in [5.74, 6) is -0.221. The molecule has 0 aliphatic carbocycles. The number of likely N-dealkylation sites (tertiary alicyclic amines) is 1. The zero-order valence-corrected chi connectivity index (χ0v) is 10.1. The molecule has 0 atom stereocenters. The van der Waals surface area contributed by atoms with Gasteiger partial charge < -0.3 is 10.0 Å². The predicted octanol–water partition coefficient (Wildman–Crippen LogP) is 3.07. The van der Waals surface area contributed by atoms with Crippen molar-refractivity contribution in [2.75, 3.05) is 13.1 Å². The SMILES string of the molecule is O=C(O)N1CCC(=CCc2ccc(F)cc2)CC1. The highest BCUT2D eigenvalue weighted by molar-refractivity contribution is 5.65. The molecule has 0 unspecified atom stereocenters. The van der Waals surface area contributed by atoms with Gasteiger partial charge in [-0.15, -0.1) is 0 Å². The molecule has 0 radical (unpaired) electrons. The van der Waals surface area contributed by atoms with Crippen molar-refractivity contribution in [1.82, 2.24) is 4.90 Å². The fourth-order valence-corrected chi connectivity index (χ4v) is 2.07. The maximum atomic E-state index is 12.7. The topological polar surface area (TPSA) is 40.5 Å². The monoisotopic (exact) mass is 249 g/mol. The van der Waals surface area contributed by atoms with E-state index < -0.39 is 6.09 Å². The first-order valence-corrected chi connectivity index (χ1v) is 6.05. The van der Waals surface area contributed by atoms with E-state index in [1.165, 1.54) is 22.6 Å². The number of benzene rings is 1. The molecule has 1 amide bonds. The van der Waals surface area contributed by atoms with Crippen LogP contribution in [0.15, 0.2) is 35.9 Å². The van der Waals surface area contributed by atoms with E-state index in [4.69, 9.17) is 5.11 Å². The molecule has 1 aromatic carbocycles. The highest BCUT2D eigenvalue weighted by atomic mass is 19.1. The van der Waals surface area contributed by atoms with Crippen LogP contribution < -0.4 is 0 Å². The summed E-state index contributed by atoms with van der Waals surface area (Å²) in [6.07, 6.45) is 3.67. The Morgan fingerprint density at radius 3 is 2.44 bits per heavy atom. The van der Waals surface area contributed by atoms with Crippen LogP contribution in [0.4, 0.5) is 9.18 Å². The lowest BCUT2D eigenvalue weighted by Crippen LogP contribution is -2.35. The van der Waals surface area contributed by atoms with Gasteiger partial charge in [-0.05, 0) is 37.0 Å². The van der Waals surface area contributed by atoms with Crippen LogP contribution in [0.25, 0.3) is 0 Å². The molecule has 0 bridgehead atoms. The Morgan fingerprint density at radius 1 is 1.28 bits per heavy atom. The minimum absolute atomic E-state index is 0.221. The van der Waals surface area contributed by atoms with E-state index in [1.54, 1.807) is 12.1 Å². The molecule has 0 aromatic heterocycles. The number of amides is 1. The number of hydrogen-bond donors (Lipinski definition) is 1. The van der Waals surface area contributed by atoms with Crippen molar-refractivity contribution in [3.63, 3.8) is 0 Å². The first-order chi connectivity index (χ1) is 8.65. The second-order valence-corrected chi connectivity index (χ2v) is 4.46. The lowest BCUT2D eigenvalue weighted by Gasteiger charge is -2.25. The van der Waals surface area contributed by atoms with Crippen LogP contribution in [-0.4, -0.2) is 29.2 Å². The molecule has 2 rings (SSSR count). The molecule has 1 aliphatic rings. The van der Waals surface area contributed by atoms with Crippen LogP contribution in [0.3, 0.4) is 0 Å². The van der Waals surface area contributed by atoms with E-state index in [0.29, 0.717) is 13.1 Å². The van der Waals surface area contributed by atoms with Gasteiger partial charge in [0.15, 0.2) is 0 Å². The number of nitrogens with zero attached hydrogens (tertiary/aromatic N) is 1. The lowest BCUT2D eigenvalue weighted by atomic mass is 10.0. The Hall–Kier alpha value is -1.84. The van der Waals surface area contributed by atoms with E-state index in [2.05, 4.69) is 6.08 Å². The summed E-state index contributed by atoms with van der Waals surface area (Å²) < 4.78 is 12.7. The normalized spacial score (nSPS) is 15.6. The van der Waals surface area contributed by atoms with E-state index in [0.717, 1.165) is 24.8 Å². The minimum Gasteiger partial charge on any atom is -0.465 e. The fraction of sp³-hybridized carbons (Fsp3) is 0.357. The molecule has 1 fully saturated rings. The van der Waals surface area contributed by atoms with Crippen molar-refractivity contribution in [3.8, 4) is 0 Å². The van der Waals surface area contributed by atoms with Crippen molar-refractivity contribution < 1.29 is 14.3 Å². The summed E-state index contributed by atoms with van der Waals surface area (Å²) in [5.41, 5.74) is 2.36. The molecular weight excluding hydrogens is 233 g/mol. The van der Waals surface area contributed by atoms with Gasteiger partial charge in [0.25, 0.3) is 0 Å². The van der Waals surface area contributed by atoms with Crippen molar-refractivity contribution >= 4 is 6.09 Å². The average Bonchev–Trinajstić information content (AvgIpc) is 2.38. The van der Waals surface area contributed by atoms with Crippen LogP contribution in [0.5, 0.6) is 0 Å². The number of halogens is 1. The van der Waals surface area contributed by atoms with Gasteiger partial charge in [-0.3, -0.25) is 0 Å². The Bertz CT molecular complexity index is 443. The number of carbonyl (C=O) groups is 1. The first-order valence-electron chi connectivity index (χ1n) is 6.05. The molecular formula is C14H16FNO2. The molecule has 18 heavy (non-hydrogen) atoms. The van der Waals surface area contributed by atoms with Crippen LogP contribution in [-0.2, 0) is 6.42 Å². The Balaban J connectivity index is 1.88. The lowest BCUT2D eigenvalue weighted by molar-refractivity contribution is 0.141. The molecule has 0 spiro atoms.